The van der Waals surface area contributed by atoms with Crippen LogP contribution in [0, 0.1) is 0 Å². The lowest BCUT2D eigenvalue weighted by Gasteiger charge is -2.07. The predicted molar refractivity (Wildman–Crippen MR) is 102 cm³/mol. The van der Waals surface area contributed by atoms with Crippen LogP contribution in [0.5, 0.6) is 5.75 Å². The van der Waals surface area contributed by atoms with E-state index in [0.29, 0.717) is 15.8 Å². The Kier molecular flexibility index (Phi) is 5.25. The van der Waals surface area contributed by atoms with Crippen LogP contribution in [0.4, 0.5) is 5.69 Å². The fourth-order valence-electron chi connectivity index (χ4n) is 2.13. The van der Waals surface area contributed by atoms with Crippen molar-refractivity contribution < 1.29 is 4.74 Å². The molecule has 126 valence electrons. The van der Waals surface area contributed by atoms with Crippen LogP contribution in [0.3, 0.4) is 0 Å². The number of ether oxygens (including phenoxy) is 1. The third kappa shape index (κ3) is 3.95. The van der Waals surface area contributed by atoms with Crippen LogP contribution in [0.2, 0.25) is 0 Å². The molecular formula is C18H15BrN4O2. The van der Waals surface area contributed by atoms with E-state index in [1.165, 1.54) is 4.68 Å². The number of para-hydroxylation sites is 1. The maximum absolute atomic E-state index is 12.4. The molecule has 1 heterocycles. The minimum absolute atomic E-state index is 0.268. The number of aromatic nitrogens is 2. The first-order valence-electron chi connectivity index (χ1n) is 7.45. The van der Waals surface area contributed by atoms with E-state index in [4.69, 9.17) is 4.74 Å². The van der Waals surface area contributed by atoms with Crippen molar-refractivity contribution in [3.63, 3.8) is 0 Å². The zero-order chi connectivity index (χ0) is 17.6. The van der Waals surface area contributed by atoms with Gasteiger partial charge in [-0.2, -0.15) is 14.9 Å². The molecule has 0 aliphatic heterocycles. The number of hydrazone groups is 1. The first-order valence-corrected chi connectivity index (χ1v) is 8.25. The maximum Gasteiger partial charge on any atom is 0.287 e. The second-order valence-electron chi connectivity index (χ2n) is 5.07. The van der Waals surface area contributed by atoms with Crippen LogP contribution in [0.1, 0.15) is 5.56 Å². The van der Waals surface area contributed by atoms with E-state index >= 15 is 0 Å². The second-order valence-corrected chi connectivity index (χ2v) is 5.86. The summed E-state index contributed by atoms with van der Waals surface area (Å²) >= 11 is 3.31. The molecule has 7 heteroatoms. The predicted octanol–water partition coefficient (Wildman–Crippen LogP) is 3.45. The van der Waals surface area contributed by atoms with Gasteiger partial charge >= 0.3 is 0 Å². The number of benzene rings is 2. The Morgan fingerprint density at radius 1 is 1.16 bits per heavy atom. The zero-order valence-corrected chi connectivity index (χ0v) is 15.0. The van der Waals surface area contributed by atoms with Crippen molar-refractivity contribution in [2.24, 2.45) is 5.10 Å². The van der Waals surface area contributed by atoms with Crippen LogP contribution in [-0.4, -0.2) is 23.1 Å². The summed E-state index contributed by atoms with van der Waals surface area (Å²) in [6.07, 6.45) is 3.19. The Labute approximate surface area is 152 Å². The first kappa shape index (κ1) is 16.9. The average molecular weight is 399 g/mol. The second kappa shape index (κ2) is 7.76. The Bertz CT molecular complexity index is 938. The van der Waals surface area contributed by atoms with Crippen molar-refractivity contribution in [2.75, 3.05) is 12.5 Å². The lowest BCUT2D eigenvalue weighted by atomic mass is 10.2. The maximum atomic E-state index is 12.4. The standard InChI is InChI=1S/C18H15BrN4O2/c1-25-15-9-7-13(8-10-15)11-20-22-16-12-21-23(18(24)17(16)19)14-5-3-2-4-6-14/h2-12,22H,1H3/b20-11+. The molecule has 0 saturated heterocycles. The summed E-state index contributed by atoms with van der Waals surface area (Å²) in [6, 6.07) is 16.7. The van der Waals surface area contributed by atoms with E-state index in [2.05, 4.69) is 31.6 Å². The molecule has 0 aliphatic rings. The molecule has 0 amide bonds. The lowest BCUT2D eigenvalue weighted by molar-refractivity contribution is 0.415. The molecule has 0 bridgehead atoms. The number of methoxy groups -OCH3 is 1. The van der Waals surface area contributed by atoms with Crippen molar-refractivity contribution in [2.45, 2.75) is 0 Å². The molecule has 0 fully saturated rings. The van der Waals surface area contributed by atoms with Crippen molar-refractivity contribution in [1.29, 1.82) is 0 Å². The number of hydrogen-bond acceptors (Lipinski definition) is 5. The first-order chi connectivity index (χ1) is 12.2. The molecule has 0 radical (unpaired) electrons. The van der Waals surface area contributed by atoms with Crippen LogP contribution >= 0.6 is 15.9 Å². The van der Waals surface area contributed by atoms with Gasteiger partial charge < -0.3 is 4.74 Å². The van der Waals surface area contributed by atoms with E-state index < -0.39 is 0 Å². The molecule has 6 nitrogen and oxygen atoms in total. The van der Waals surface area contributed by atoms with Crippen LogP contribution in [0.15, 0.2) is 75.2 Å². The summed E-state index contributed by atoms with van der Waals surface area (Å²) in [4.78, 5) is 12.4. The Balaban J connectivity index is 1.78. The van der Waals surface area contributed by atoms with Gasteiger partial charge in [-0.3, -0.25) is 10.2 Å². The van der Waals surface area contributed by atoms with Gasteiger partial charge in [0.05, 0.1) is 30.9 Å². The third-order valence-electron chi connectivity index (χ3n) is 3.43. The smallest absolute Gasteiger partial charge is 0.287 e. The summed E-state index contributed by atoms with van der Waals surface area (Å²) in [5.74, 6) is 0.779. The molecule has 0 aliphatic carbocycles. The lowest BCUT2D eigenvalue weighted by Crippen LogP contribution is -2.22. The average Bonchev–Trinajstić information content (AvgIpc) is 2.66. The van der Waals surface area contributed by atoms with Crippen molar-refractivity contribution in [1.82, 2.24) is 9.78 Å². The van der Waals surface area contributed by atoms with E-state index in [-0.39, 0.29) is 5.56 Å². The number of rotatable bonds is 5. The fraction of sp³-hybridized carbons (Fsp3) is 0.0556. The number of nitrogens with one attached hydrogen (secondary N) is 1. The van der Waals surface area contributed by atoms with Gasteiger partial charge in [-0.25, -0.2) is 0 Å². The van der Waals surface area contributed by atoms with Gasteiger partial charge in [0.2, 0.25) is 0 Å². The molecule has 1 aromatic heterocycles. The number of nitrogens with zero attached hydrogens (tertiary/aromatic N) is 3. The SMILES string of the molecule is COc1ccc(/C=N/Nc2cnn(-c3ccccc3)c(=O)c2Br)cc1. The third-order valence-corrected chi connectivity index (χ3v) is 4.20. The molecule has 0 saturated carbocycles. The highest BCUT2D eigenvalue weighted by atomic mass is 79.9. The summed E-state index contributed by atoms with van der Waals surface area (Å²) in [5, 5.41) is 8.32. The van der Waals surface area contributed by atoms with E-state index in [1.807, 2.05) is 54.6 Å². The molecule has 2 aromatic carbocycles. The van der Waals surface area contributed by atoms with Crippen LogP contribution in [0.25, 0.3) is 5.69 Å². The van der Waals surface area contributed by atoms with Gasteiger partial charge in [-0.1, -0.05) is 18.2 Å². The molecule has 0 spiro atoms. The molecule has 3 aromatic rings. The van der Waals surface area contributed by atoms with Gasteiger partial charge in [0.15, 0.2) is 0 Å². The topological polar surface area (TPSA) is 68.5 Å². The molecule has 25 heavy (non-hydrogen) atoms. The molecular weight excluding hydrogens is 384 g/mol. The highest BCUT2D eigenvalue weighted by molar-refractivity contribution is 9.10. The van der Waals surface area contributed by atoms with Gasteiger partial charge in [0, 0.05) is 0 Å². The summed E-state index contributed by atoms with van der Waals surface area (Å²) in [7, 11) is 1.62. The normalized spacial score (nSPS) is 10.8. The highest BCUT2D eigenvalue weighted by Crippen LogP contribution is 2.17. The van der Waals surface area contributed by atoms with Gasteiger partial charge in [0.25, 0.3) is 5.56 Å². The Morgan fingerprint density at radius 3 is 2.56 bits per heavy atom. The monoisotopic (exact) mass is 398 g/mol. The van der Waals surface area contributed by atoms with Crippen molar-refractivity contribution in [3.8, 4) is 11.4 Å². The number of anilines is 1. The largest absolute Gasteiger partial charge is 0.497 e. The van der Waals surface area contributed by atoms with Crippen molar-refractivity contribution in [3.05, 3.63) is 81.2 Å². The highest BCUT2D eigenvalue weighted by Gasteiger charge is 2.09. The van der Waals surface area contributed by atoms with E-state index in [1.54, 1.807) is 19.5 Å². The minimum Gasteiger partial charge on any atom is -0.497 e. The van der Waals surface area contributed by atoms with Crippen LogP contribution in [-0.2, 0) is 0 Å². The van der Waals surface area contributed by atoms with E-state index in [0.717, 1.165) is 11.3 Å². The van der Waals surface area contributed by atoms with Gasteiger partial charge in [0.1, 0.15) is 10.2 Å². The summed E-state index contributed by atoms with van der Waals surface area (Å²) in [5.41, 5.74) is 4.64. The quantitative estimate of drug-likeness (QED) is 0.527. The van der Waals surface area contributed by atoms with Crippen LogP contribution < -0.4 is 15.7 Å². The molecule has 1 N–H and O–H groups in total. The van der Waals surface area contributed by atoms with Gasteiger partial charge in [-0.05, 0) is 57.9 Å². The minimum atomic E-state index is -0.268. The number of hydrogen-bond donors (Lipinski definition) is 1. The molecule has 3 rings (SSSR count). The Morgan fingerprint density at radius 2 is 1.88 bits per heavy atom. The molecule has 0 atom stereocenters. The van der Waals surface area contributed by atoms with Gasteiger partial charge in [-0.15, -0.1) is 0 Å². The summed E-state index contributed by atoms with van der Waals surface area (Å²) in [6.45, 7) is 0. The van der Waals surface area contributed by atoms with Crippen molar-refractivity contribution >= 4 is 27.8 Å². The fourth-order valence-corrected chi connectivity index (χ4v) is 2.49. The zero-order valence-electron chi connectivity index (χ0n) is 13.4. The van der Waals surface area contributed by atoms with E-state index in [9.17, 15) is 4.79 Å². The Hall–Kier alpha value is -2.93. The number of halogens is 1. The molecule has 0 unspecified atom stereocenters. The summed E-state index contributed by atoms with van der Waals surface area (Å²) < 4.78 is 6.79.